The third kappa shape index (κ3) is 3.61. The molecule has 0 bridgehead atoms. The normalized spacial score (nSPS) is 10.8. The second kappa shape index (κ2) is 7.36. The maximum atomic E-state index is 12.6. The third-order valence-electron chi connectivity index (χ3n) is 3.84. The summed E-state index contributed by atoms with van der Waals surface area (Å²) in [6.07, 6.45) is 0. The molecule has 4 aromatic rings. The van der Waals surface area contributed by atoms with Gasteiger partial charge in [0.1, 0.15) is 5.52 Å². The van der Waals surface area contributed by atoms with Gasteiger partial charge in [-0.3, -0.25) is 4.79 Å². The highest BCUT2D eigenvalue weighted by Crippen LogP contribution is 2.26. The summed E-state index contributed by atoms with van der Waals surface area (Å²) in [5.41, 5.74) is 3.65. The Balaban J connectivity index is 1.63. The van der Waals surface area contributed by atoms with Crippen LogP contribution in [0.25, 0.3) is 22.6 Å². The lowest BCUT2D eigenvalue weighted by molar-refractivity contribution is 0.102. The molecule has 0 fully saturated rings. The maximum Gasteiger partial charge on any atom is 0.256 e. The van der Waals surface area contributed by atoms with Crippen LogP contribution < -0.4 is 5.32 Å². The van der Waals surface area contributed by atoms with Crippen molar-refractivity contribution in [3.8, 4) is 11.5 Å². The zero-order chi connectivity index (χ0) is 18.1. The lowest BCUT2D eigenvalue weighted by Crippen LogP contribution is -2.13. The highest BCUT2D eigenvalue weighted by Gasteiger charge is 2.13. The first-order valence-electron chi connectivity index (χ1n) is 7.82. The fourth-order valence-electron chi connectivity index (χ4n) is 2.58. The molecule has 6 heteroatoms. The van der Waals surface area contributed by atoms with Crippen molar-refractivity contribution in [2.45, 2.75) is 0 Å². The van der Waals surface area contributed by atoms with Crippen LogP contribution in [-0.4, -0.2) is 10.9 Å². The lowest BCUT2D eigenvalue weighted by Gasteiger charge is -2.07. The Morgan fingerprint density at radius 1 is 0.962 bits per heavy atom. The van der Waals surface area contributed by atoms with Crippen LogP contribution in [0, 0.1) is 7.14 Å². The molecule has 128 valence electrons. The van der Waals surface area contributed by atoms with E-state index in [1.165, 1.54) is 0 Å². The fraction of sp³-hybridized carbons (Fsp3) is 0. The summed E-state index contributed by atoms with van der Waals surface area (Å²) in [7, 11) is 0. The number of oxazole rings is 1. The van der Waals surface area contributed by atoms with Gasteiger partial charge in [-0.2, -0.15) is 0 Å². The van der Waals surface area contributed by atoms with Gasteiger partial charge in [-0.1, -0.05) is 18.2 Å². The number of fused-ring (bicyclic) bond motifs is 1. The number of carbonyl (C=O) groups excluding carboxylic acids is 1. The standard InChI is InChI=1S/C20H12I2N2O2/c21-13-6-8-16(22)15(10-13)19(25)23-14-7-9-18-17(11-14)24-20(26-18)12-4-2-1-3-5-12/h1-11H,(H,23,25). The van der Waals surface area contributed by atoms with E-state index >= 15 is 0 Å². The molecule has 1 N–H and O–H groups in total. The highest BCUT2D eigenvalue weighted by molar-refractivity contribution is 14.1. The molecular weight excluding hydrogens is 554 g/mol. The van der Waals surface area contributed by atoms with Gasteiger partial charge in [0.2, 0.25) is 5.89 Å². The number of amides is 1. The van der Waals surface area contributed by atoms with E-state index in [0.29, 0.717) is 28.2 Å². The number of hydrogen-bond donors (Lipinski definition) is 1. The highest BCUT2D eigenvalue weighted by atomic mass is 127. The third-order valence-corrected chi connectivity index (χ3v) is 5.45. The molecule has 0 unspecified atom stereocenters. The van der Waals surface area contributed by atoms with Crippen LogP contribution in [0.4, 0.5) is 5.69 Å². The molecular formula is C20H12I2N2O2. The summed E-state index contributed by atoms with van der Waals surface area (Å²) < 4.78 is 7.74. The molecule has 0 saturated carbocycles. The Bertz CT molecular complexity index is 1110. The van der Waals surface area contributed by atoms with E-state index in [1.807, 2.05) is 66.7 Å². The van der Waals surface area contributed by atoms with Crippen LogP contribution >= 0.6 is 45.2 Å². The fourth-order valence-corrected chi connectivity index (χ4v) is 3.65. The second-order valence-corrected chi connectivity index (χ2v) is 8.05. The Kier molecular flexibility index (Phi) is 4.94. The zero-order valence-corrected chi connectivity index (χ0v) is 17.7. The van der Waals surface area contributed by atoms with Gasteiger partial charge in [0.15, 0.2) is 5.58 Å². The quantitative estimate of drug-likeness (QED) is 0.312. The van der Waals surface area contributed by atoms with Gasteiger partial charge < -0.3 is 9.73 Å². The topological polar surface area (TPSA) is 55.1 Å². The minimum absolute atomic E-state index is 0.140. The van der Waals surface area contributed by atoms with E-state index < -0.39 is 0 Å². The van der Waals surface area contributed by atoms with Crippen molar-refractivity contribution in [3.05, 3.63) is 79.4 Å². The molecule has 1 amide bonds. The summed E-state index contributed by atoms with van der Waals surface area (Å²) in [6.45, 7) is 0. The van der Waals surface area contributed by atoms with Gasteiger partial charge in [0, 0.05) is 18.4 Å². The van der Waals surface area contributed by atoms with E-state index in [-0.39, 0.29) is 5.91 Å². The van der Waals surface area contributed by atoms with Crippen LogP contribution in [0.1, 0.15) is 10.4 Å². The number of halogens is 2. The number of aromatic nitrogens is 1. The van der Waals surface area contributed by atoms with E-state index in [2.05, 4.69) is 55.5 Å². The number of nitrogens with zero attached hydrogens (tertiary/aromatic N) is 1. The Hall–Kier alpha value is -1.94. The summed E-state index contributed by atoms with van der Waals surface area (Å²) in [5.74, 6) is 0.426. The summed E-state index contributed by atoms with van der Waals surface area (Å²) >= 11 is 4.37. The zero-order valence-electron chi connectivity index (χ0n) is 13.4. The molecule has 0 aliphatic rings. The van der Waals surface area contributed by atoms with Gasteiger partial charge >= 0.3 is 0 Å². The monoisotopic (exact) mass is 566 g/mol. The first-order valence-corrected chi connectivity index (χ1v) is 9.98. The minimum Gasteiger partial charge on any atom is -0.436 e. The lowest BCUT2D eigenvalue weighted by atomic mass is 10.2. The Labute approximate surface area is 177 Å². The first kappa shape index (κ1) is 17.5. The van der Waals surface area contributed by atoms with Crippen molar-refractivity contribution < 1.29 is 9.21 Å². The van der Waals surface area contributed by atoms with Crippen molar-refractivity contribution in [2.75, 3.05) is 5.32 Å². The molecule has 1 heterocycles. The summed E-state index contributed by atoms with van der Waals surface area (Å²) in [6, 6.07) is 21.0. The van der Waals surface area contributed by atoms with Crippen molar-refractivity contribution in [2.24, 2.45) is 0 Å². The van der Waals surface area contributed by atoms with Crippen molar-refractivity contribution in [3.63, 3.8) is 0 Å². The minimum atomic E-state index is -0.140. The molecule has 3 aromatic carbocycles. The van der Waals surface area contributed by atoms with Gasteiger partial charge in [-0.05, 0) is 93.7 Å². The first-order chi connectivity index (χ1) is 12.6. The number of carbonyl (C=O) groups is 1. The van der Waals surface area contributed by atoms with Gasteiger partial charge in [-0.25, -0.2) is 4.98 Å². The molecule has 0 radical (unpaired) electrons. The number of benzene rings is 3. The number of hydrogen-bond acceptors (Lipinski definition) is 3. The predicted molar refractivity (Wildman–Crippen MR) is 119 cm³/mol. The Morgan fingerprint density at radius 3 is 2.58 bits per heavy atom. The molecule has 0 saturated heterocycles. The van der Waals surface area contributed by atoms with Crippen LogP contribution in [0.2, 0.25) is 0 Å². The molecule has 0 aliphatic carbocycles. The molecule has 26 heavy (non-hydrogen) atoms. The van der Waals surface area contributed by atoms with Gasteiger partial charge in [0.25, 0.3) is 5.91 Å². The molecule has 4 rings (SSSR count). The van der Waals surface area contributed by atoms with Crippen LogP contribution in [0.5, 0.6) is 0 Å². The average Bonchev–Trinajstić information content (AvgIpc) is 3.08. The van der Waals surface area contributed by atoms with E-state index in [9.17, 15) is 4.79 Å². The summed E-state index contributed by atoms with van der Waals surface area (Å²) in [5, 5.41) is 2.94. The largest absolute Gasteiger partial charge is 0.436 e. The Morgan fingerprint density at radius 2 is 1.77 bits per heavy atom. The van der Waals surface area contributed by atoms with E-state index in [4.69, 9.17) is 4.42 Å². The molecule has 0 atom stereocenters. The molecule has 4 nitrogen and oxygen atoms in total. The van der Waals surface area contributed by atoms with Crippen LogP contribution in [0.3, 0.4) is 0 Å². The summed E-state index contributed by atoms with van der Waals surface area (Å²) in [4.78, 5) is 17.1. The van der Waals surface area contributed by atoms with Gasteiger partial charge in [0.05, 0.1) is 5.56 Å². The number of anilines is 1. The number of rotatable bonds is 3. The molecule has 0 spiro atoms. The van der Waals surface area contributed by atoms with Crippen molar-refractivity contribution in [1.82, 2.24) is 4.98 Å². The predicted octanol–water partition coefficient (Wildman–Crippen LogP) is 5.96. The SMILES string of the molecule is O=C(Nc1ccc2oc(-c3ccccc3)nc2c1)c1cc(I)ccc1I. The van der Waals surface area contributed by atoms with Crippen molar-refractivity contribution >= 4 is 67.9 Å². The smallest absolute Gasteiger partial charge is 0.256 e. The van der Waals surface area contributed by atoms with Crippen molar-refractivity contribution in [1.29, 1.82) is 0 Å². The van der Waals surface area contributed by atoms with Crippen LogP contribution in [-0.2, 0) is 0 Å². The average molecular weight is 566 g/mol. The molecule has 0 aliphatic heterocycles. The second-order valence-electron chi connectivity index (χ2n) is 5.65. The van der Waals surface area contributed by atoms with E-state index in [0.717, 1.165) is 12.7 Å². The van der Waals surface area contributed by atoms with Gasteiger partial charge in [-0.15, -0.1) is 0 Å². The number of nitrogens with one attached hydrogen (secondary N) is 1. The van der Waals surface area contributed by atoms with E-state index in [1.54, 1.807) is 0 Å². The maximum absolute atomic E-state index is 12.6. The van der Waals surface area contributed by atoms with Crippen LogP contribution in [0.15, 0.2) is 71.1 Å². The molecule has 1 aromatic heterocycles.